The SMILES string of the molecule is Cc1ccccc1OCCCC(=O)NCCNC(=O)c1ccccc1. The maximum absolute atomic E-state index is 11.8. The molecule has 0 aliphatic rings. The van der Waals surface area contributed by atoms with Crippen LogP contribution in [0.25, 0.3) is 0 Å². The van der Waals surface area contributed by atoms with Gasteiger partial charge in [0.15, 0.2) is 0 Å². The van der Waals surface area contributed by atoms with Crippen molar-refractivity contribution in [3.63, 3.8) is 0 Å². The van der Waals surface area contributed by atoms with E-state index in [0.29, 0.717) is 38.1 Å². The maximum Gasteiger partial charge on any atom is 0.251 e. The monoisotopic (exact) mass is 340 g/mol. The second-order valence-electron chi connectivity index (χ2n) is 5.69. The number of benzene rings is 2. The van der Waals surface area contributed by atoms with Crippen LogP contribution in [0.15, 0.2) is 54.6 Å². The number of hydrogen-bond acceptors (Lipinski definition) is 3. The van der Waals surface area contributed by atoms with Crippen molar-refractivity contribution in [3.8, 4) is 5.75 Å². The Morgan fingerprint density at radius 1 is 0.920 bits per heavy atom. The van der Waals surface area contributed by atoms with Crippen molar-refractivity contribution in [1.29, 1.82) is 0 Å². The Labute approximate surface area is 148 Å². The zero-order valence-corrected chi connectivity index (χ0v) is 14.5. The molecule has 5 nitrogen and oxygen atoms in total. The van der Waals surface area contributed by atoms with Crippen LogP contribution in [0.3, 0.4) is 0 Å². The van der Waals surface area contributed by atoms with Gasteiger partial charge < -0.3 is 15.4 Å². The normalized spacial score (nSPS) is 10.1. The summed E-state index contributed by atoms with van der Waals surface area (Å²) in [6.45, 7) is 3.31. The van der Waals surface area contributed by atoms with Crippen LogP contribution in [0.5, 0.6) is 5.75 Å². The van der Waals surface area contributed by atoms with Crippen molar-refractivity contribution in [2.45, 2.75) is 19.8 Å². The van der Waals surface area contributed by atoms with Crippen LogP contribution in [-0.2, 0) is 4.79 Å². The Bertz CT molecular complexity index is 686. The van der Waals surface area contributed by atoms with Crippen LogP contribution in [0.2, 0.25) is 0 Å². The van der Waals surface area contributed by atoms with E-state index in [1.54, 1.807) is 12.1 Å². The van der Waals surface area contributed by atoms with E-state index in [9.17, 15) is 9.59 Å². The lowest BCUT2D eigenvalue weighted by Crippen LogP contribution is -2.34. The summed E-state index contributed by atoms with van der Waals surface area (Å²) >= 11 is 0. The third-order valence-electron chi connectivity index (χ3n) is 3.67. The molecule has 0 heterocycles. The molecule has 132 valence electrons. The van der Waals surface area contributed by atoms with E-state index in [-0.39, 0.29) is 11.8 Å². The summed E-state index contributed by atoms with van der Waals surface area (Å²) < 4.78 is 5.66. The molecule has 2 aromatic rings. The first-order chi connectivity index (χ1) is 12.2. The number of carbonyl (C=O) groups excluding carboxylic acids is 2. The van der Waals surface area contributed by atoms with Gasteiger partial charge in [0.25, 0.3) is 5.91 Å². The third kappa shape index (κ3) is 6.67. The number of aryl methyl sites for hydroxylation is 1. The van der Waals surface area contributed by atoms with E-state index in [2.05, 4.69) is 10.6 Å². The van der Waals surface area contributed by atoms with Gasteiger partial charge in [-0.15, -0.1) is 0 Å². The molecule has 2 aromatic carbocycles. The summed E-state index contributed by atoms with van der Waals surface area (Å²) in [5.41, 5.74) is 1.70. The molecule has 0 aliphatic heterocycles. The molecule has 0 radical (unpaired) electrons. The summed E-state index contributed by atoms with van der Waals surface area (Å²) in [6, 6.07) is 16.8. The molecule has 25 heavy (non-hydrogen) atoms. The molecule has 2 rings (SSSR count). The van der Waals surface area contributed by atoms with Crippen LogP contribution in [0.1, 0.15) is 28.8 Å². The maximum atomic E-state index is 11.8. The lowest BCUT2D eigenvalue weighted by atomic mass is 10.2. The largest absolute Gasteiger partial charge is 0.493 e. The first kappa shape index (κ1) is 18.5. The van der Waals surface area contributed by atoms with Crippen molar-refractivity contribution < 1.29 is 14.3 Å². The molecule has 5 heteroatoms. The van der Waals surface area contributed by atoms with Crippen molar-refractivity contribution >= 4 is 11.8 Å². The highest BCUT2D eigenvalue weighted by atomic mass is 16.5. The molecule has 0 bridgehead atoms. The van der Waals surface area contributed by atoms with Gasteiger partial charge in [0.2, 0.25) is 5.91 Å². The highest BCUT2D eigenvalue weighted by molar-refractivity contribution is 5.94. The Balaban J connectivity index is 1.54. The lowest BCUT2D eigenvalue weighted by molar-refractivity contribution is -0.121. The van der Waals surface area contributed by atoms with Crippen molar-refractivity contribution in [3.05, 3.63) is 65.7 Å². The number of ether oxygens (including phenoxy) is 1. The number of carbonyl (C=O) groups is 2. The third-order valence-corrected chi connectivity index (χ3v) is 3.67. The van der Waals surface area contributed by atoms with Gasteiger partial charge in [0, 0.05) is 25.1 Å². The van der Waals surface area contributed by atoms with Gasteiger partial charge in [-0.3, -0.25) is 9.59 Å². The fourth-order valence-corrected chi connectivity index (χ4v) is 2.29. The Morgan fingerprint density at radius 2 is 1.60 bits per heavy atom. The summed E-state index contributed by atoms with van der Waals surface area (Å²) in [5, 5.41) is 5.56. The van der Waals surface area contributed by atoms with Gasteiger partial charge in [-0.25, -0.2) is 0 Å². The Morgan fingerprint density at radius 3 is 2.36 bits per heavy atom. The van der Waals surface area contributed by atoms with Crippen LogP contribution in [-0.4, -0.2) is 31.5 Å². The minimum absolute atomic E-state index is 0.0395. The smallest absolute Gasteiger partial charge is 0.251 e. The molecule has 0 fully saturated rings. The minimum atomic E-state index is -0.138. The number of nitrogens with one attached hydrogen (secondary N) is 2. The highest BCUT2D eigenvalue weighted by Crippen LogP contribution is 2.16. The van der Waals surface area contributed by atoms with Crippen LogP contribution in [0.4, 0.5) is 0 Å². The fourth-order valence-electron chi connectivity index (χ4n) is 2.29. The molecule has 0 unspecified atom stereocenters. The molecule has 0 atom stereocenters. The average molecular weight is 340 g/mol. The molecule has 0 aromatic heterocycles. The molecule has 0 saturated heterocycles. The fraction of sp³-hybridized carbons (Fsp3) is 0.300. The molecule has 0 saturated carbocycles. The number of hydrogen-bond donors (Lipinski definition) is 2. The summed E-state index contributed by atoms with van der Waals surface area (Å²) in [7, 11) is 0. The van der Waals surface area contributed by atoms with Crippen molar-refractivity contribution in [2.24, 2.45) is 0 Å². The quantitative estimate of drug-likeness (QED) is 0.690. The van der Waals surface area contributed by atoms with E-state index in [0.717, 1.165) is 11.3 Å². The van der Waals surface area contributed by atoms with E-state index < -0.39 is 0 Å². The summed E-state index contributed by atoms with van der Waals surface area (Å²) in [5.74, 6) is 0.676. The lowest BCUT2D eigenvalue weighted by Gasteiger charge is -2.09. The second-order valence-corrected chi connectivity index (χ2v) is 5.69. The number of para-hydroxylation sites is 1. The predicted octanol–water partition coefficient (Wildman–Crippen LogP) is 2.70. The summed E-state index contributed by atoms with van der Waals surface area (Å²) in [4.78, 5) is 23.6. The summed E-state index contributed by atoms with van der Waals surface area (Å²) in [6.07, 6.45) is 1.05. The Kier molecular flexibility index (Phi) is 7.50. The Hall–Kier alpha value is -2.82. The minimum Gasteiger partial charge on any atom is -0.493 e. The average Bonchev–Trinajstić information content (AvgIpc) is 2.64. The van der Waals surface area contributed by atoms with Gasteiger partial charge in [-0.2, -0.15) is 0 Å². The van der Waals surface area contributed by atoms with E-state index >= 15 is 0 Å². The standard InChI is InChI=1S/C20H24N2O3/c1-16-8-5-6-11-18(16)25-15-7-12-19(23)21-13-14-22-20(24)17-9-3-2-4-10-17/h2-6,8-11H,7,12-15H2,1H3,(H,21,23)(H,22,24). The van der Waals surface area contributed by atoms with Gasteiger partial charge in [-0.1, -0.05) is 36.4 Å². The molecule has 2 amide bonds. The predicted molar refractivity (Wildman–Crippen MR) is 97.7 cm³/mol. The van der Waals surface area contributed by atoms with E-state index in [1.807, 2.05) is 49.4 Å². The second kappa shape index (κ2) is 10.1. The first-order valence-electron chi connectivity index (χ1n) is 8.45. The zero-order valence-electron chi connectivity index (χ0n) is 14.5. The van der Waals surface area contributed by atoms with Gasteiger partial charge in [0.1, 0.15) is 5.75 Å². The van der Waals surface area contributed by atoms with E-state index in [1.165, 1.54) is 0 Å². The molecule has 2 N–H and O–H groups in total. The van der Waals surface area contributed by atoms with Gasteiger partial charge in [-0.05, 0) is 37.1 Å². The number of amides is 2. The molecule has 0 aliphatic carbocycles. The number of rotatable bonds is 9. The first-order valence-corrected chi connectivity index (χ1v) is 8.45. The highest BCUT2D eigenvalue weighted by Gasteiger charge is 2.05. The van der Waals surface area contributed by atoms with Crippen molar-refractivity contribution in [2.75, 3.05) is 19.7 Å². The van der Waals surface area contributed by atoms with Crippen LogP contribution in [0, 0.1) is 6.92 Å². The van der Waals surface area contributed by atoms with Gasteiger partial charge in [0.05, 0.1) is 6.61 Å². The van der Waals surface area contributed by atoms with Crippen LogP contribution >= 0.6 is 0 Å². The van der Waals surface area contributed by atoms with Gasteiger partial charge >= 0.3 is 0 Å². The van der Waals surface area contributed by atoms with E-state index in [4.69, 9.17) is 4.74 Å². The topological polar surface area (TPSA) is 67.4 Å². The van der Waals surface area contributed by atoms with Crippen molar-refractivity contribution in [1.82, 2.24) is 10.6 Å². The molecule has 0 spiro atoms. The molecular weight excluding hydrogens is 316 g/mol. The molecular formula is C20H24N2O3. The zero-order chi connectivity index (χ0) is 17.9. The van der Waals surface area contributed by atoms with Crippen LogP contribution < -0.4 is 15.4 Å².